The summed E-state index contributed by atoms with van der Waals surface area (Å²) in [5.41, 5.74) is 0. The van der Waals surface area contributed by atoms with Gasteiger partial charge in [-0.25, -0.2) is 0 Å². The molecule has 0 amide bonds. The van der Waals surface area contributed by atoms with Gasteiger partial charge in [-0.1, -0.05) is 19.8 Å². The average Bonchev–Trinajstić information content (AvgIpc) is 1.59. The van der Waals surface area contributed by atoms with Gasteiger partial charge in [0.25, 0.3) is 0 Å². The van der Waals surface area contributed by atoms with Gasteiger partial charge in [0, 0.05) is 0 Å². The predicted octanol–water partition coefficient (Wildman–Crippen LogP) is -11.2. The molecule has 0 aliphatic heterocycles. The van der Waals surface area contributed by atoms with E-state index in [0.717, 1.165) is 6.42 Å². The molecule has 0 radical (unpaired) electrons. The fraction of sp³-hybridized carbons (Fsp3) is 1.00. The molecule has 0 unspecified atom stereocenters. The van der Waals surface area contributed by atoms with Crippen molar-refractivity contribution in [2.75, 3.05) is 0 Å². The van der Waals surface area contributed by atoms with Gasteiger partial charge in [0.2, 0.25) is 0 Å². The zero-order valence-corrected chi connectivity index (χ0v) is 14.8. The summed E-state index contributed by atoms with van der Waals surface area (Å²) in [5, 5.41) is 0. The van der Waals surface area contributed by atoms with Gasteiger partial charge in [0.15, 0.2) is 0 Å². The van der Waals surface area contributed by atoms with Crippen LogP contribution in [0.15, 0.2) is 0 Å². The van der Waals surface area contributed by atoms with Crippen molar-refractivity contribution in [3.63, 3.8) is 0 Å². The summed E-state index contributed by atoms with van der Waals surface area (Å²) in [6.07, 6.45) is 1.27. The van der Waals surface area contributed by atoms with Crippen molar-refractivity contribution in [3.05, 3.63) is 0 Å². The molecule has 0 rings (SSSR count). The summed E-state index contributed by atoms with van der Waals surface area (Å²) >= 11 is 0. The topological polar surface area (TPSA) is 69.2 Å². The third-order valence-corrected chi connectivity index (χ3v) is 1.80. The van der Waals surface area contributed by atoms with Crippen LogP contribution in [0, 0.1) is 0 Å². The first kappa shape index (κ1) is 23.7. The van der Waals surface area contributed by atoms with Gasteiger partial charge in [-0.15, -0.1) is 6.04 Å². The van der Waals surface area contributed by atoms with Crippen molar-refractivity contribution in [1.29, 1.82) is 0 Å². The standard InChI is InChI=1S/C4H9O3Si.3Na/c1-2-3-4-8(5,6)7;;;/h2-4H2,1H3;;;/q-3;3*+1. The van der Waals surface area contributed by atoms with Crippen LogP contribution in [0.5, 0.6) is 0 Å². The maximum atomic E-state index is 9.89. The van der Waals surface area contributed by atoms with Crippen LogP contribution in [0.25, 0.3) is 0 Å². The van der Waals surface area contributed by atoms with Crippen LogP contribution in [0.4, 0.5) is 0 Å². The predicted molar refractivity (Wildman–Crippen MR) is 25.5 cm³/mol. The minimum Gasteiger partial charge on any atom is -0.881 e. The summed E-state index contributed by atoms with van der Waals surface area (Å²) in [6.45, 7) is 1.85. The third-order valence-electron chi connectivity index (χ3n) is 0.837. The molecule has 0 saturated heterocycles. The van der Waals surface area contributed by atoms with Gasteiger partial charge in [-0.05, 0) is 0 Å². The van der Waals surface area contributed by atoms with Crippen LogP contribution in [-0.4, -0.2) is 8.80 Å². The second-order valence-corrected chi connectivity index (χ2v) is 3.65. The van der Waals surface area contributed by atoms with E-state index in [9.17, 15) is 14.4 Å². The molecule has 7 heteroatoms. The Kier molecular flexibility index (Phi) is 28.2. The quantitative estimate of drug-likeness (QED) is 0.427. The normalized spacial score (nSPS) is 8.73. The zero-order valence-electron chi connectivity index (χ0n) is 7.85. The van der Waals surface area contributed by atoms with Crippen molar-refractivity contribution in [1.82, 2.24) is 0 Å². The first-order valence-corrected chi connectivity index (χ1v) is 4.60. The van der Waals surface area contributed by atoms with E-state index < -0.39 is 8.80 Å². The molecule has 0 spiro atoms. The molecule has 0 aromatic carbocycles. The molecular weight excluding hydrogens is 193 g/mol. The summed E-state index contributed by atoms with van der Waals surface area (Å²) in [4.78, 5) is 29.7. The first-order valence-electron chi connectivity index (χ1n) is 2.67. The SMILES string of the molecule is CCCC[Si]([O-])([O-])[O-].[Na+].[Na+].[Na+]. The minimum absolute atomic E-state index is 0. The van der Waals surface area contributed by atoms with Crippen LogP contribution in [0.3, 0.4) is 0 Å². The molecule has 0 aromatic heterocycles. The molecule has 0 bridgehead atoms. The van der Waals surface area contributed by atoms with Crippen LogP contribution < -0.4 is 103 Å². The Morgan fingerprint density at radius 2 is 1.36 bits per heavy atom. The molecule has 0 N–H and O–H groups in total. The average molecular weight is 202 g/mol. The van der Waals surface area contributed by atoms with Gasteiger partial charge >= 0.3 is 88.7 Å². The molecule has 0 atom stereocenters. The summed E-state index contributed by atoms with van der Waals surface area (Å²) < 4.78 is 0. The molecular formula is C4H9Na3O3Si. The van der Waals surface area contributed by atoms with Crippen LogP contribution in [0.2, 0.25) is 6.04 Å². The van der Waals surface area contributed by atoms with E-state index in [0.29, 0.717) is 6.42 Å². The molecule has 0 saturated carbocycles. The van der Waals surface area contributed by atoms with Gasteiger partial charge in [-0.3, -0.25) is 8.80 Å². The summed E-state index contributed by atoms with van der Waals surface area (Å²) in [5.74, 6) is 0. The summed E-state index contributed by atoms with van der Waals surface area (Å²) in [7, 11) is -4.43. The molecule has 3 nitrogen and oxygen atoms in total. The summed E-state index contributed by atoms with van der Waals surface area (Å²) in [6, 6.07) is -0.163. The molecule has 0 aliphatic carbocycles. The monoisotopic (exact) mass is 202 g/mol. The Balaban J connectivity index is -0.0000000817. The molecule has 11 heavy (non-hydrogen) atoms. The van der Waals surface area contributed by atoms with Gasteiger partial charge in [0.05, 0.1) is 0 Å². The second kappa shape index (κ2) is 13.1. The number of hydrogen-bond donors (Lipinski definition) is 0. The Labute approximate surface area is 135 Å². The first-order chi connectivity index (χ1) is 3.56. The van der Waals surface area contributed by atoms with E-state index in [-0.39, 0.29) is 94.7 Å². The van der Waals surface area contributed by atoms with Crippen molar-refractivity contribution in [2.45, 2.75) is 25.8 Å². The van der Waals surface area contributed by atoms with E-state index in [1.807, 2.05) is 6.92 Å². The smallest absolute Gasteiger partial charge is 0.881 e. The van der Waals surface area contributed by atoms with Gasteiger partial charge in [-0.2, -0.15) is 0 Å². The van der Waals surface area contributed by atoms with Crippen LogP contribution in [-0.2, 0) is 0 Å². The number of hydrogen-bond acceptors (Lipinski definition) is 3. The molecule has 0 heterocycles. The van der Waals surface area contributed by atoms with Gasteiger partial charge < -0.3 is 14.4 Å². The molecule has 0 fully saturated rings. The maximum Gasteiger partial charge on any atom is 1.00 e. The van der Waals surface area contributed by atoms with Crippen LogP contribution in [0.1, 0.15) is 19.8 Å². The Bertz CT molecular complexity index is 68.1. The van der Waals surface area contributed by atoms with Gasteiger partial charge in [0.1, 0.15) is 0 Å². The van der Waals surface area contributed by atoms with Crippen molar-refractivity contribution in [2.24, 2.45) is 0 Å². The van der Waals surface area contributed by atoms with Crippen molar-refractivity contribution >= 4 is 8.80 Å². The Hall–Kier alpha value is 3.10. The zero-order chi connectivity index (χ0) is 6.62. The molecule has 0 aliphatic rings. The second-order valence-electron chi connectivity index (χ2n) is 1.79. The van der Waals surface area contributed by atoms with E-state index in [2.05, 4.69) is 0 Å². The van der Waals surface area contributed by atoms with Crippen LogP contribution >= 0.6 is 0 Å². The van der Waals surface area contributed by atoms with E-state index in [1.54, 1.807) is 0 Å². The fourth-order valence-corrected chi connectivity index (χ4v) is 1.18. The Morgan fingerprint density at radius 3 is 1.45 bits per heavy atom. The number of unbranched alkanes of at least 4 members (excludes halogenated alkanes) is 1. The largest absolute Gasteiger partial charge is 1.00 e. The van der Waals surface area contributed by atoms with Crippen molar-refractivity contribution in [3.8, 4) is 0 Å². The number of rotatable bonds is 3. The van der Waals surface area contributed by atoms with Crippen molar-refractivity contribution < 1.29 is 103 Å². The van der Waals surface area contributed by atoms with E-state index in [4.69, 9.17) is 0 Å². The maximum absolute atomic E-state index is 9.89. The molecule has 50 valence electrons. The molecule has 0 aromatic rings. The Morgan fingerprint density at radius 1 is 1.00 bits per heavy atom. The third kappa shape index (κ3) is 24.6. The van der Waals surface area contributed by atoms with E-state index in [1.165, 1.54) is 0 Å². The fourth-order valence-electron chi connectivity index (χ4n) is 0.393. The minimum atomic E-state index is -4.43. The van der Waals surface area contributed by atoms with E-state index >= 15 is 0 Å².